The normalized spacial score (nSPS) is 10.1. The molecular formula is C16H15ClO4. The monoisotopic (exact) mass is 306 g/mol. The maximum absolute atomic E-state index is 12.6. The smallest absolute Gasteiger partial charge is 0.196 e. The Morgan fingerprint density at radius 3 is 2.14 bits per heavy atom. The van der Waals surface area contributed by atoms with Crippen LogP contribution in [0.3, 0.4) is 0 Å². The van der Waals surface area contributed by atoms with Gasteiger partial charge in [0.15, 0.2) is 17.3 Å². The molecule has 4 nitrogen and oxygen atoms in total. The maximum atomic E-state index is 12.6. The molecule has 2 aromatic carbocycles. The topological polar surface area (TPSA) is 44.8 Å². The number of benzene rings is 2. The zero-order valence-corrected chi connectivity index (χ0v) is 12.7. The van der Waals surface area contributed by atoms with Crippen LogP contribution in [0.15, 0.2) is 36.4 Å². The predicted octanol–water partition coefficient (Wildman–Crippen LogP) is 3.60. The molecule has 0 aliphatic carbocycles. The van der Waals surface area contributed by atoms with Crippen molar-refractivity contribution in [3.8, 4) is 17.2 Å². The van der Waals surface area contributed by atoms with Gasteiger partial charge in [-0.25, -0.2) is 0 Å². The molecule has 0 aromatic heterocycles. The Morgan fingerprint density at radius 1 is 0.857 bits per heavy atom. The molecule has 0 amide bonds. The van der Waals surface area contributed by atoms with Crippen molar-refractivity contribution in [2.24, 2.45) is 0 Å². The molecule has 0 radical (unpaired) electrons. The fraction of sp³-hybridized carbons (Fsp3) is 0.188. The van der Waals surface area contributed by atoms with E-state index >= 15 is 0 Å². The van der Waals surface area contributed by atoms with E-state index in [1.165, 1.54) is 14.2 Å². The van der Waals surface area contributed by atoms with Crippen LogP contribution in [0.5, 0.6) is 17.2 Å². The highest BCUT2D eigenvalue weighted by Crippen LogP contribution is 2.30. The quantitative estimate of drug-likeness (QED) is 0.792. The number of carbonyl (C=O) groups is 1. The Kier molecular flexibility index (Phi) is 4.70. The molecule has 0 atom stereocenters. The lowest BCUT2D eigenvalue weighted by molar-refractivity contribution is 0.103. The Balaban J connectivity index is 2.45. The highest BCUT2D eigenvalue weighted by atomic mass is 35.5. The van der Waals surface area contributed by atoms with E-state index in [1.54, 1.807) is 43.5 Å². The van der Waals surface area contributed by atoms with Crippen LogP contribution in [0, 0.1) is 0 Å². The van der Waals surface area contributed by atoms with Crippen molar-refractivity contribution in [3.63, 3.8) is 0 Å². The lowest BCUT2D eigenvalue weighted by atomic mass is 10.0. The summed E-state index contributed by atoms with van der Waals surface area (Å²) in [5.74, 6) is 1.32. The van der Waals surface area contributed by atoms with Gasteiger partial charge in [0.1, 0.15) is 5.75 Å². The highest BCUT2D eigenvalue weighted by Gasteiger charge is 2.17. The second-order valence-electron chi connectivity index (χ2n) is 4.24. The van der Waals surface area contributed by atoms with Crippen LogP contribution in [-0.4, -0.2) is 27.1 Å². The van der Waals surface area contributed by atoms with E-state index in [9.17, 15) is 4.79 Å². The van der Waals surface area contributed by atoms with E-state index in [0.29, 0.717) is 33.4 Å². The molecule has 2 rings (SSSR count). The molecule has 110 valence electrons. The van der Waals surface area contributed by atoms with Gasteiger partial charge < -0.3 is 14.2 Å². The summed E-state index contributed by atoms with van der Waals surface area (Å²) in [5.41, 5.74) is 0.919. The molecule has 0 bridgehead atoms. The van der Waals surface area contributed by atoms with E-state index in [1.807, 2.05) is 0 Å². The summed E-state index contributed by atoms with van der Waals surface area (Å²) in [6, 6.07) is 9.90. The number of halogens is 1. The van der Waals surface area contributed by atoms with Crippen LogP contribution in [-0.2, 0) is 0 Å². The number of hydrogen-bond acceptors (Lipinski definition) is 4. The van der Waals surface area contributed by atoms with E-state index in [2.05, 4.69) is 0 Å². The number of methoxy groups -OCH3 is 3. The van der Waals surface area contributed by atoms with E-state index in [4.69, 9.17) is 25.8 Å². The predicted molar refractivity (Wildman–Crippen MR) is 81.0 cm³/mol. The van der Waals surface area contributed by atoms with Gasteiger partial charge in [0.05, 0.1) is 26.9 Å². The van der Waals surface area contributed by atoms with Crippen LogP contribution in [0.4, 0.5) is 0 Å². The SMILES string of the molecule is COc1ccc(C(=O)c2ccc(Cl)cc2OC)cc1OC. The Morgan fingerprint density at radius 2 is 1.52 bits per heavy atom. The second-order valence-corrected chi connectivity index (χ2v) is 4.68. The average Bonchev–Trinajstić information content (AvgIpc) is 2.53. The molecular weight excluding hydrogens is 292 g/mol. The lowest BCUT2D eigenvalue weighted by Gasteiger charge is -2.11. The molecule has 0 fully saturated rings. The van der Waals surface area contributed by atoms with E-state index < -0.39 is 0 Å². The largest absolute Gasteiger partial charge is 0.496 e. The van der Waals surface area contributed by atoms with Crippen LogP contribution in [0.1, 0.15) is 15.9 Å². The molecule has 0 spiro atoms. The summed E-state index contributed by atoms with van der Waals surface area (Å²) in [5, 5.41) is 0.510. The lowest BCUT2D eigenvalue weighted by Crippen LogP contribution is -2.04. The van der Waals surface area contributed by atoms with Gasteiger partial charge in [-0.15, -0.1) is 0 Å². The third-order valence-electron chi connectivity index (χ3n) is 3.05. The molecule has 5 heteroatoms. The van der Waals surface area contributed by atoms with Crippen molar-refractivity contribution < 1.29 is 19.0 Å². The number of carbonyl (C=O) groups excluding carboxylic acids is 1. The molecule has 21 heavy (non-hydrogen) atoms. The number of ketones is 1. The van der Waals surface area contributed by atoms with Crippen LogP contribution in [0.2, 0.25) is 5.02 Å². The zero-order valence-electron chi connectivity index (χ0n) is 12.0. The molecule has 2 aromatic rings. The molecule has 0 N–H and O–H groups in total. The van der Waals surface area contributed by atoms with Crippen molar-refractivity contribution >= 4 is 17.4 Å². The van der Waals surface area contributed by atoms with Crippen molar-refractivity contribution in [2.75, 3.05) is 21.3 Å². The maximum Gasteiger partial charge on any atom is 0.196 e. The van der Waals surface area contributed by atoms with Crippen molar-refractivity contribution in [1.82, 2.24) is 0 Å². The molecule has 0 saturated carbocycles. The second kappa shape index (κ2) is 6.50. The first-order valence-electron chi connectivity index (χ1n) is 6.21. The third kappa shape index (κ3) is 3.11. The van der Waals surface area contributed by atoms with Gasteiger partial charge in [0, 0.05) is 10.6 Å². The molecule has 0 aliphatic rings. The minimum absolute atomic E-state index is 0.176. The minimum atomic E-state index is -0.176. The number of hydrogen-bond donors (Lipinski definition) is 0. The molecule has 0 aliphatic heterocycles. The average molecular weight is 307 g/mol. The Hall–Kier alpha value is -2.20. The van der Waals surface area contributed by atoms with Gasteiger partial charge in [0.25, 0.3) is 0 Å². The number of ether oxygens (including phenoxy) is 3. The van der Waals surface area contributed by atoms with Crippen LogP contribution >= 0.6 is 11.6 Å². The number of rotatable bonds is 5. The Labute approximate surface area is 128 Å². The van der Waals surface area contributed by atoms with Crippen molar-refractivity contribution in [1.29, 1.82) is 0 Å². The van der Waals surface area contributed by atoms with Crippen LogP contribution < -0.4 is 14.2 Å². The first-order chi connectivity index (χ1) is 10.1. The fourth-order valence-corrected chi connectivity index (χ4v) is 2.15. The summed E-state index contributed by atoms with van der Waals surface area (Å²) < 4.78 is 15.6. The van der Waals surface area contributed by atoms with Crippen molar-refractivity contribution in [2.45, 2.75) is 0 Å². The summed E-state index contributed by atoms with van der Waals surface area (Å²) in [6.45, 7) is 0. The van der Waals surface area contributed by atoms with Crippen molar-refractivity contribution in [3.05, 3.63) is 52.5 Å². The third-order valence-corrected chi connectivity index (χ3v) is 3.29. The summed E-state index contributed by atoms with van der Waals surface area (Å²) in [6.07, 6.45) is 0. The van der Waals surface area contributed by atoms with E-state index in [-0.39, 0.29) is 5.78 Å². The van der Waals surface area contributed by atoms with Gasteiger partial charge in [0.2, 0.25) is 0 Å². The van der Waals surface area contributed by atoms with Crippen LogP contribution in [0.25, 0.3) is 0 Å². The summed E-state index contributed by atoms with van der Waals surface area (Å²) in [4.78, 5) is 12.6. The Bertz CT molecular complexity index is 667. The van der Waals surface area contributed by atoms with Gasteiger partial charge in [-0.05, 0) is 36.4 Å². The summed E-state index contributed by atoms with van der Waals surface area (Å²) in [7, 11) is 4.56. The molecule has 0 unspecified atom stereocenters. The highest BCUT2D eigenvalue weighted by molar-refractivity contribution is 6.31. The molecule has 0 heterocycles. The first-order valence-corrected chi connectivity index (χ1v) is 6.58. The minimum Gasteiger partial charge on any atom is -0.496 e. The summed E-state index contributed by atoms with van der Waals surface area (Å²) >= 11 is 5.91. The first kappa shape index (κ1) is 15.2. The zero-order chi connectivity index (χ0) is 15.4. The van der Waals surface area contributed by atoms with Gasteiger partial charge in [-0.3, -0.25) is 4.79 Å². The van der Waals surface area contributed by atoms with Gasteiger partial charge in [-0.2, -0.15) is 0 Å². The van der Waals surface area contributed by atoms with Gasteiger partial charge >= 0.3 is 0 Å². The van der Waals surface area contributed by atoms with E-state index in [0.717, 1.165) is 0 Å². The standard InChI is InChI=1S/C16H15ClO4/c1-19-13-7-4-10(8-15(13)21-3)16(18)12-6-5-11(17)9-14(12)20-2/h4-9H,1-3H3. The van der Waals surface area contributed by atoms with Gasteiger partial charge in [-0.1, -0.05) is 11.6 Å². The molecule has 0 saturated heterocycles. The fourth-order valence-electron chi connectivity index (χ4n) is 1.99.